The summed E-state index contributed by atoms with van der Waals surface area (Å²) in [7, 11) is 1.69. The van der Waals surface area contributed by atoms with E-state index in [1.165, 1.54) is 12.1 Å². The Bertz CT molecular complexity index is 1150. The Morgan fingerprint density at radius 1 is 1.15 bits per heavy atom. The third-order valence-corrected chi connectivity index (χ3v) is 5.79. The molecule has 0 saturated carbocycles. The molecular weight excluding hydrogens is 479 g/mol. The first kappa shape index (κ1) is 24.6. The number of carbonyl (C=O) groups excluding carboxylic acids is 2. The molecule has 0 aliphatic rings. The van der Waals surface area contributed by atoms with Crippen LogP contribution in [0.25, 0.3) is 0 Å². The van der Waals surface area contributed by atoms with Crippen molar-refractivity contribution in [2.24, 2.45) is 7.05 Å². The van der Waals surface area contributed by atoms with Crippen molar-refractivity contribution in [1.82, 2.24) is 20.1 Å². The summed E-state index contributed by atoms with van der Waals surface area (Å²) in [4.78, 5) is 24.6. The van der Waals surface area contributed by atoms with Gasteiger partial charge in [0.2, 0.25) is 5.91 Å². The molecule has 33 heavy (non-hydrogen) atoms. The minimum absolute atomic E-state index is 0.0487. The molecule has 0 aliphatic heterocycles. The number of amides is 2. The zero-order valence-corrected chi connectivity index (χ0v) is 19.1. The third-order valence-electron chi connectivity index (χ3n) is 4.52. The average molecular weight is 498 g/mol. The Morgan fingerprint density at radius 3 is 2.52 bits per heavy atom. The highest BCUT2D eigenvalue weighted by molar-refractivity contribution is 7.99. The van der Waals surface area contributed by atoms with Gasteiger partial charge in [0, 0.05) is 23.3 Å². The zero-order chi connectivity index (χ0) is 24.2. The predicted molar refractivity (Wildman–Crippen MR) is 119 cm³/mol. The number of aromatic nitrogens is 3. The number of nitrogens with zero attached hydrogens (tertiary/aromatic N) is 3. The molecule has 0 bridgehead atoms. The molecule has 2 aromatic carbocycles. The van der Waals surface area contributed by atoms with Crippen LogP contribution in [-0.2, 0) is 18.0 Å². The first-order valence-electron chi connectivity index (χ1n) is 9.60. The summed E-state index contributed by atoms with van der Waals surface area (Å²) in [6, 6.07) is 10.4. The van der Waals surface area contributed by atoms with Crippen molar-refractivity contribution in [1.29, 1.82) is 0 Å². The molecule has 174 valence electrons. The normalized spacial score (nSPS) is 12.3. The Morgan fingerprint density at radius 2 is 1.85 bits per heavy atom. The predicted octanol–water partition coefficient (Wildman–Crippen LogP) is 4.71. The maximum Gasteiger partial charge on any atom is 0.416 e. The molecule has 3 rings (SSSR count). The Balaban J connectivity index is 1.57. The number of benzene rings is 2. The summed E-state index contributed by atoms with van der Waals surface area (Å²) in [5.41, 5.74) is -0.359. The van der Waals surface area contributed by atoms with Crippen LogP contribution in [0.15, 0.2) is 53.7 Å². The van der Waals surface area contributed by atoms with Gasteiger partial charge in [0.25, 0.3) is 5.91 Å². The number of anilines is 1. The van der Waals surface area contributed by atoms with Gasteiger partial charge >= 0.3 is 6.18 Å². The summed E-state index contributed by atoms with van der Waals surface area (Å²) in [5.74, 6) is -0.420. The molecule has 2 N–H and O–H groups in total. The lowest BCUT2D eigenvalue weighted by Crippen LogP contribution is -2.28. The highest BCUT2D eigenvalue weighted by atomic mass is 35.5. The van der Waals surface area contributed by atoms with Gasteiger partial charge in [-0.2, -0.15) is 13.2 Å². The summed E-state index contributed by atoms with van der Waals surface area (Å²) in [5, 5.41) is 14.3. The fourth-order valence-electron chi connectivity index (χ4n) is 2.88. The van der Waals surface area contributed by atoms with Crippen molar-refractivity contribution in [2.45, 2.75) is 24.3 Å². The smallest absolute Gasteiger partial charge is 0.342 e. The summed E-state index contributed by atoms with van der Waals surface area (Å²) >= 11 is 6.90. The number of halogens is 4. The number of rotatable bonds is 7. The molecule has 0 unspecified atom stereocenters. The van der Waals surface area contributed by atoms with Crippen LogP contribution >= 0.6 is 23.4 Å². The average Bonchev–Trinajstić information content (AvgIpc) is 3.12. The van der Waals surface area contributed by atoms with Gasteiger partial charge in [-0.05, 0) is 49.4 Å². The van der Waals surface area contributed by atoms with Crippen molar-refractivity contribution < 1.29 is 22.8 Å². The van der Waals surface area contributed by atoms with Crippen molar-refractivity contribution in [2.75, 3.05) is 11.1 Å². The molecule has 2 amide bonds. The van der Waals surface area contributed by atoms with Gasteiger partial charge in [-0.3, -0.25) is 9.59 Å². The molecule has 0 spiro atoms. The molecule has 3 aromatic rings. The van der Waals surface area contributed by atoms with Gasteiger partial charge < -0.3 is 15.2 Å². The second-order valence-corrected chi connectivity index (χ2v) is 8.40. The third kappa shape index (κ3) is 6.48. The van der Waals surface area contributed by atoms with Crippen LogP contribution in [0.3, 0.4) is 0 Å². The fourth-order valence-corrected chi connectivity index (χ4v) is 3.72. The Hall–Kier alpha value is -3.05. The van der Waals surface area contributed by atoms with Crippen LogP contribution < -0.4 is 10.6 Å². The van der Waals surface area contributed by atoms with E-state index in [1.807, 2.05) is 0 Å². The lowest BCUT2D eigenvalue weighted by molar-refractivity contribution is -0.137. The zero-order valence-electron chi connectivity index (χ0n) is 17.5. The Labute approximate surface area is 196 Å². The van der Waals surface area contributed by atoms with Crippen LogP contribution in [0, 0.1) is 0 Å². The van der Waals surface area contributed by atoms with E-state index in [2.05, 4.69) is 20.8 Å². The van der Waals surface area contributed by atoms with Gasteiger partial charge in [0.1, 0.15) is 0 Å². The van der Waals surface area contributed by atoms with E-state index in [0.29, 0.717) is 21.6 Å². The highest BCUT2D eigenvalue weighted by Crippen LogP contribution is 2.30. The van der Waals surface area contributed by atoms with E-state index in [1.54, 1.807) is 42.8 Å². The quantitative estimate of drug-likeness (QED) is 0.461. The number of hydrogen-bond acceptors (Lipinski definition) is 5. The maximum absolute atomic E-state index is 12.8. The first-order chi connectivity index (χ1) is 15.5. The number of alkyl halides is 3. The lowest BCUT2D eigenvalue weighted by atomic mass is 10.2. The SMILES string of the molecule is C[C@H](NC(=O)c1ccc(Cl)cc1)c1nnc(SCC(=O)Nc2cccc(C(F)(F)F)c2)n1C. The van der Waals surface area contributed by atoms with Crippen LogP contribution in [0.1, 0.15) is 34.7 Å². The van der Waals surface area contributed by atoms with E-state index in [9.17, 15) is 22.8 Å². The summed E-state index contributed by atoms with van der Waals surface area (Å²) in [6.45, 7) is 1.74. The Kier molecular flexibility index (Phi) is 7.65. The largest absolute Gasteiger partial charge is 0.416 e. The van der Waals surface area contributed by atoms with Crippen molar-refractivity contribution in [3.05, 3.63) is 70.5 Å². The monoisotopic (exact) mass is 497 g/mol. The number of thioether (sulfide) groups is 1. The van der Waals surface area contributed by atoms with Crippen LogP contribution in [0.4, 0.5) is 18.9 Å². The van der Waals surface area contributed by atoms with E-state index in [0.717, 1.165) is 23.9 Å². The lowest BCUT2D eigenvalue weighted by Gasteiger charge is -2.13. The van der Waals surface area contributed by atoms with Crippen molar-refractivity contribution in [3.63, 3.8) is 0 Å². The molecular formula is C21H19ClF3N5O2S. The van der Waals surface area contributed by atoms with Gasteiger partial charge in [-0.15, -0.1) is 10.2 Å². The van der Waals surface area contributed by atoms with E-state index < -0.39 is 23.7 Å². The topological polar surface area (TPSA) is 88.9 Å². The molecule has 0 radical (unpaired) electrons. The highest BCUT2D eigenvalue weighted by Gasteiger charge is 2.30. The minimum Gasteiger partial charge on any atom is -0.342 e. The molecule has 0 saturated heterocycles. The van der Waals surface area contributed by atoms with Crippen molar-refractivity contribution in [3.8, 4) is 0 Å². The molecule has 7 nitrogen and oxygen atoms in total. The fraction of sp³-hybridized carbons (Fsp3) is 0.238. The second-order valence-electron chi connectivity index (χ2n) is 7.02. The number of nitrogens with one attached hydrogen (secondary N) is 2. The minimum atomic E-state index is -4.50. The molecule has 0 fully saturated rings. The summed E-state index contributed by atoms with van der Waals surface area (Å²) < 4.78 is 40.1. The molecule has 1 aromatic heterocycles. The number of hydrogen-bond donors (Lipinski definition) is 2. The second kappa shape index (κ2) is 10.3. The summed E-state index contributed by atoms with van der Waals surface area (Å²) in [6.07, 6.45) is -4.50. The van der Waals surface area contributed by atoms with E-state index >= 15 is 0 Å². The molecule has 12 heteroatoms. The number of carbonyl (C=O) groups is 2. The van der Waals surface area contributed by atoms with E-state index in [-0.39, 0.29) is 17.3 Å². The standard InChI is InChI=1S/C21H19ClF3N5O2S/c1-12(26-19(32)13-6-8-15(22)9-7-13)18-28-29-20(30(18)2)33-11-17(31)27-16-5-3-4-14(10-16)21(23,24)25/h3-10,12H,11H2,1-2H3,(H,26,32)(H,27,31)/t12-/m0/s1. The van der Waals surface area contributed by atoms with Gasteiger partial charge in [-0.1, -0.05) is 29.4 Å². The molecule has 1 heterocycles. The van der Waals surface area contributed by atoms with Crippen LogP contribution in [0.2, 0.25) is 5.02 Å². The van der Waals surface area contributed by atoms with Crippen LogP contribution in [-0.4, -0.2) is 32.3 Å². The van der Waals surface area contributed by atoms with Gasteiger partial charge in [-0.25, -0.2) is 0 Å². The molecule has 1 atom stereocenters. The van der Waals surface area contributed by atoms with Gasteiger partial charge in [0.15, 0.2) is 11.0 Å². The van der Waals surface area contributed by atoms with Crippen LogP contribution in [0.5, 0.6) is 0 Å². The molecule has 0 aliphatic carbocycles. The van der Waals surface area contributed by atoms with Crippen molar-refractivity contribution >= 4 is 40.9 Å². The first-order valence-corrected chi connectivity index (χ1v) is 11.0. The van der Waals surface area contributed by atoms with E-state index in [4.69, 9.17) is 11.6 Å². The maximum atomic E-state index is 12.8. The van der Waals surface area contributed by atoms with Gasteiger partial charge in [0.05, 0.1) is 17.4 Å².